The highest BCUT2D eigenvalue weighted by atomic mass is 32.1. The maximum atomic E-state index is 13.3. The zero-order valence-electron chi connectivity index (χ0n) is 15.2. The van der Waals surface area contributed by atoms with Crippen LogP contribution in [0.2, 0.25) is 0 Å². The number of fused-ring (bicyclic) bond motifs is 1. The van der Waals surface area contributed by atoms with Gasteiger partial charge in [-0.1, -0.05) is 12.1 Å². The molecule has 0 radical (unpaired) electrons. The number of benzene rings is 2. The minimum atomic E-state index is -0.445. The summed E-state index contributed by atoms with van der Waals surface area (Å²) in [6, 6.07) is 12.4. The van der Waals surface area contributed by atoms with E-state index < -0.39 is 4.92 Å². The Balaban J connectivity index is 1.67. The van der Waals surface area contributed by atoms with Gasteiger partial charge in [-0.3, -0.25) is 15.5 Å². The highest BCUT2D eigenvalue weighted by Crippen LogP contribution is 2.36. The minimum Gasteiger partial charge on any atom is -0.260 e. The number of halogens is 1. The molecule has 0 aliphatic heterocycles. The average molecular weight is 407 g/mol. The number of non-ortho nitro benzene ring substituents is 1. The number of nitrogens with zero attached hydrogens (tertiary/aromatic N) is 4. The number of anilines is 1. The Bertz CT molecular complexity index is 1220. The molecule has 0 atom stereocenters. The molecule has 4 aromatic rings. The van der Waals surface area contributed by atoms with Gasteiger partial charge in [0.15, 0.2) is 5.82 Å². The molecule has 0 bridgehead atoms. The van der Waals surface area contributed by atoms with Gasteiger partial charge in [-0.25, -0.2) is 14.4 Å². The molecule has 2 heterocycles. The SMILES string of the molecule is C/C(=N/Nc1ncnc2scc(-c3ccc(F)cc3)c12)c1ccc([N+](=O)[O-])cc1. The van der Waals surface area contributed by atoms with Crippen LogP contribution in [0.1, 0.15) is 12.5 Å². The van der Waals surface area contributed by atoms with Crippen LogP contribution in [0.3, 0.4) is 0 Å². The summed E-state index contributed by atoms with van der Waals surface area (Å²) in [4.78, 5) is 19.7. The lowest BCUT2D eigenvalue weighted by Gasteiger charge is -2.06. The van der Waals surface area contributed by atoms with Crippen molar-refractivity contribution in [3.63, 3.8) is 0 Å². The fourth-order valence-electron chi connectivity index (χ4n) is 2.83. The van der Waals surface area contributed by atoms with Crippen molar-refractivity contribution in [3.8, 4) is 11.1 Å². The number of hydrazone groups is 1. The molecule has 0 unspecified atom stereocenters. The number of hydrogen-bond acceptors (Lipinski definition) is 7. The normalized spacial score (nSPS) is 11.6. The van der Waals surface area contributed by atoms with Gasteiger partial charge in [0.2, 0.25) is 0 Å². The molecule has 4 rings (SSSR count). The van der Waals surface area contributed by atoms with Crippen molar-refractivity contribution in [2.24, 2.45) is 5.10 Å². The van der Waals surface area contributed by atoms with E-state index in [1.54, 1.807) is 31.2 Å². The maximum Gasteiger partial charge on any atom is 0.269 e. The standard InChI is InChI=1S/C20H14FN5O2S/c1-12(13-4-8-16(9-5-13)26(27)28)24-25-19-18-17(10-29-20(18)23-11-22-19)14-2-6-15(21)7-3-14/h2-11H,1H3,(H,22,23,25)/b24-12-. The van der Waals surface area contributed by atoms with Gasteiger partial charge in [0.25, 0.3) is 5.69 Å². The smallest absolute Gasteiger partial charge is 0.260 e. The van der Waals surface area contributed by atoms with Gasteiger partial charge in [-0.2, -0.15) is 5.10 Å². The first-order chi connectivity index (χ1) is 14.0. The molecule has 2 aromatic carbocycles. The van der Waals surface area contributed by atoms with Crippen molar-refractivity contribution in [2.75, 3.05) is 5.43 Å². The first kappa shape index (κ1) is 18.6. The van der Waals surface area contributed by atoms with Crippen LogP contribution in [0.4, 0.5) is 15.9 Å². The second-order valence-corrected chi connectivity index (χ2v) is 7.03. The van der Waals surface area contributed by atoms with Crippen LogP contribution in [0.15, 0.2) is 65.3 Å². The quantitative estimate of drug-likeness (QED) is 0.277. The summed E-state index contributed by atoms with van der Waals surface area (Å²) < 4.78 is 13.3. The van der Waals surface area contributed by atoms with E-state index in [0.29, 0.717) is 11.5 Å². The van der Waals surface area contributed by atoms with Crippen LogP contribution >= 0.6 is 11.3 Å². The number of nitro groups is 1. The van der Waals surface area contributed by atoms with Crippen molar-refractivity contribution >= 4 is 38.8 Å². The number of nitrogens with one attached hydrogen (secondary N) is 1. The van der Waals surface area contributed by atoms with E-state index in [9.17, 15) is 14.5 Å². The molecule has 7 nitrogen and oxygen atoms in total. The zero-order chi connectivity index (χ0) is 20.4. The molecule has 2 aromatic heterocycles. The van der Waals surface area contributed by atoms with Gasteiger partial charge in [-0.05, 0) is 42.3 Å². The van der Waals surface area contributed by atoms with E-state index in [-0.39, 0.29) is 11.5 Å². The van der Waals surface area contributed by atoms with E-state index in [1.165, 1.54) is 41.9 Å². The number of nitro benzene ring substituents is 1. The van der Waals surface area contributed by atoms with Crippen LogP contribution in [0.25, 0.3) is 21.3 Å². The fraction of sp³-hybridized carbons (Fsp3) is 0.0500. The lowest BCUT2D eigenvalue weighted by Crippen LogP contribution is -2.02. The number of rotatable bonds is 5. The molecule has 0 aliphatic carbocycles. The third kappa shape index (κ3) is 3.81. The zero-order valence-corrected chi connectivity index (χ0v) is 16.0. The number of thiophene rings is 1. The molecule has 1 N–H and O–H groups in total. The van der Waals surface area contributed by atoms with E-state index in [4.69, 9.17) is 0 Å². The summed E-state index contributed by atoms with van der Waals surface area (Å²) in [5.74, 6) is 0.225. The van der Waals surface area contributed by atoms with Crippen molar-refractivity contribution in [1.82, 2.24) is 9.97 Å². The van der Waals surface area contributed by atoms with E-state index in [2.05, 4.69) is 20.5 Å². The molecule has 0 spiro atoms. The first-order valence-corrected chi connectivity index (χ1v) is 9.44. The maximum absolute atomic E-state index is 13.3. The summed E-state index contributed by atoms with van der Waals surface area (Å²) in [6.07, 6.45) is 1.45. The highest BCUT2D eigenvalue weighted by Gasteiger charge is 2.13. The largest absolute Gasteiger partial charge is 0.269 e. The summed E-state index contributed by atoms with van der Waals surface area (Å²) in [5.41, 5.74) is 6.12. The molecular formula is C20H14FN5O2S. The van der Waals surface area contributed by atoms with Crippen LogP contribution in [0, 0.1) is 15.9 Å². The van der Waals surface area contributed by atoms with Gasteiger partial charge in [0.1, 0.15) is 17.0 Å². The Morgan fingerprint density at radius 2 is 1.86 bits per heavy atom. The van der Waals surface area contributed by atoms with Crippen LogP contribution < -0.4 is 5.43 Å². The number of aromatic nitrogens is 2. The molecule has 144 valence electrons. The molecule has 0 saturated carbocycles. The van der Waals surface area contributed by atoms with Crippen LogP contribution in [-0.2, 0) is 0 Å². The summed E-state index contributed by atoms with van der Waals surface area (Å²) in [6.45, 7) is 1.79. The Morgan fingerprint density at radius 3 is 2.55 bits per heavy atom. The Hall–Kier alpha value is -3.72. The molecule has 29 heavy (non-hydrogen) atoms. The van der Waals surface area contributed by atoms with Crippen LogP contribution in [-0.4, -0.2) is 20.6 Å². The first-order valence-electron chi connectivity index (χ1n) is 8.56. The predicted molar refractivity (Wildman–Crippen MR) is 112 cm³/mol. The second-order valence-electron chi connectivity index (χ2n) is 6.17. The summed E-state index contributed by atoms with van der Waals surface area (Å²) >= 11 is 1.46. The third-order valence-corrected chi connectivity index (χ3v) is 5.24. The summed E-state index contributed by atoms with van der Waals surface area (Å²) in [7, 11) is 0. The Labute approximate surface area is 168 Å². The molecule has 9 heteroatoms. The molecular weight excluding hydrogens is 393 g/mol. The Kier molecular flexibility index (Phi) is 4.96. The Morgan fingerprint density at radius 1 is 1.14 bits per heavy atom. The monoisotopic (exact) mass is 407 g/mol. The van der Waals surface area contributed by atoms with Gasteiger partial charge in [-0.15, -0.1) is 11.3 Å². The van der Waals surface area contributed by atoms with Crippen molar-refractivity contribution in [1.29, 1.82) is 0 Å². The fourth-order valence-corrected chi connectivity index (χ4v) is 3.74. The lowest BCUT2D eigenvalue weighted by atomic mass is 10.1. The van der Waals surface area contributed by atoms with Gasteiger partial charge in [0, 0.05) is 23.1 Å². The number of hydrogen-bond donors (Lipinski definition) is 1. The van der Waals surface area contributed by atoms with Gasteiger partial charge < -0.3 is 0 Å². The molecule has 0 aliphatic rings. The van der Waals surface area contributed by atoms with Crippen LogP contribution in [0.5, 0.6) is 0 Å². The van der Waals surface area contributed by atoms with Gasteiger partial charge >= 0.3 is 0 Å². The predicted octanol–water partition coefficient (Wildman–Crippen LogP) is 5.24. The molecule has 0 fully saturated rings. The minimum absolute atomic E-state index is 0.0224. The molecule has 0 saturated heterocycles. The lowest BCUT2D eigenvalue weighted by molar-refractivity contribution is -0.384. The van der Waals surface area contributed by atoms with Crippen molar-refractivity contribution in [2.45, 2.75) is 6.92 Å². The highest BCUT2D eigenvalue weighted by molar-refractivity contribution is 7.17. The van der Waals surface area contributed by atoms with Crippen molar-refractivity contribution in [3.05, 3.63) is 81.7 Å². The topological polar surface area (TPSA) is 93.3 Å². The second kappa shape index (κ2) is 7.72. The van der Waals surface area contributed by atoms with E-state index >= 15 is 0 Å². The summed E-state index contributed by atoms with van der Waals surface area (Å²) in [5, 5.41) is 17.9. The average Bonchev–Trinajstić information content (AvgIpc) is 3.17. The van der Waals surface area contributed by atoms with E-state index in [0.717, 1.165) is 26.9 Å². The molecule has 0 amide bonds. The van der Waals surface area contributed by atoms with Gasteiger partial charge in [0.05, 0.1) is 16.0 Å². The third-order valence-electron chi connectivity index (χ3n) is 4.35. The van der Waals surface area contributed by atoms with E-state index in [1.807, 2.05) is 5.38 Å². The van der Waals surface area contributed by atoms with Crippen molar-refractivity contribution < 1.29 is 9.31 Å².